The van der Waals surface area contributed by atoms with E-state index in [-0.39, 0.29) is 11.5 Å². The number of rotatable bonds is 1. The molecule has 0 spiro atoms. The van der Waals surface area contributed by atoms with E-state index in [1.54, 1.807) is 6.07 Å². The molecular formula is C12H8Br4O2. The van der Waals surface area contributed by atoms with Gasteiger partial charge in [-0.1, -0.05) is 37.9 Å². The van der Waals surface area contributed by atoms with E-state index in [9.17, 15) is 10.2 Å². The number of hydrogen-bond donors (Lipinski definition) is 2. The van der Waals surface area contributed by atoms with Crippen LogP contribution in [0.15, 0.2) is 39.0 Å². The molecule has 1 aromatic carbocycles. The maximum Gasteiger partial charge on any atom is 0.142 e. The van der Waals surface area contributed by atoms with Crippen molar-refractivity contribution in [1.29, 1.82) is 0 Å². The summed E-state index contributed by atoms with van der Waals surface area (Å²) in [6.07, 6.45) is 2.46. The second-order valence-electron chi connectivity index (χ2n) is 3.91. The van der Waals surface area contributed by atoms with Crippen LogP contribution in [0, 0.1) is 0 Å². The van der Waals surface area contributed by atoms with Gasteiger partial charge in [-0.05, 0) is 61.2 Å². The minimum atomic E-state index is -0.659. The number of aliphatic hydroxyl groups excluding tert-OH is 1. The number of allylic oxidation sites excluding steroid dienone is 4. The van der Waals surface area contributed by atoms with Crippen LogP contribution >= 0.6 is 63.7 Å². The lowest BCUT2D eigenvalue weighted by atomic mass is 9.96. The number of alkyl halides is 2. The predicted molar refractivity (Wildman–Crippen MR) is 87.6 cm³/mol. The molecule has 0 amide bonds. The zero-order valence-corrected chi connectivity index (χ0v) is 15.3. The fourth-order valence-electron chi connectivity index (χ4n) is 1.66. The molecule has 0 unspecified atom stereocenters. The highest BCUT2D eigenvalue weighted by molar-refractivity contribution is 9.25. The Morgan fingerprint density at radius 3 is 2.33 bits per heavy atom. The molecule has 0 radical (unpaired) electrons. The van der Waals surface area contributed by atoms with Crippen LogP contribution in [0.5, 0.6) is 5.75 Å². The first-order chi connectivity index (χ1) is 8.31. The summed E-state index contributed by atoms with van der Waals surface area (Å²) in [7, 11) is 0. The third kappa shape index (κ3) is 2.86. The Labute approximate surface area is 138 Å². The molecule has 2 rings (SSSR count). The molecule has 96 valence electrons. The maximum absolute atomic E-state index is 9.91. The Morgan fingerprint density at radius 1 is 1.11 bits per heavy atom. The Balaban J connectivity index is 2.47. The van der Waals surface area contributed by atoms with Gasteiger partial charge in [-0.3, -0.25) is 0 Å². The first-order valence-electron chi connectivity index (χ1n) is 4.98. The highest BCUT2D eigenvalue weighted by Crippen LogP contribution is 2.48. The van der Waals surface area contributed by atoms with Crippen molar-refractivity contribution in [3.05, 3.63) is 44.6 Å². The molecule has 18 heavy (non-hydrogen) atoms. The van der Waals surface area contributed by atoms with Gasteiger partial charge in [-0.25, -0.2) is 0 Å². The van der Waals surface area contributed by atoms with Crippen LogP contribution in [0.1, 0.15) is 12.0 Å². The van der Waals surface area contributed by atoms with Crippen LogP contribution in [0.25, 0.3) is 5.57 Å². The summed E-state index contributed by atoms with van der Waals surface area (Å²) in [6, 6.07) is 5.32. The van der Waals surface area contributed by atoms with Crippen molar-refractivity contribution < 1.29 is 10.2 Å². The summed E-state index contributed by atoms with van der Waals surface area (Å²) in [4.78, 5) is 0. The first-order valence-corrected chi connectivity index (χ1v) is 8.15. The van der Waals surface area contributed by atoms with Gasteiger partial charge < -0.3 is 10.2 Å². The van der Waals surface area contributed by atoms with Crippen molar-refractivity contribution in [3.63, 3.8) is 0 Å². The quantitative estimate of drug-likeness (QED) is 0.490. The predicted octanol–water partition coefficient (Wildman–Crippen LogP) is 5.59. The molecule has 0 atom stereocenters. The number of benzene rings is 1. The number of aromatic hydroxyl groups is 1. The van der Waals surface area contributed by atoms with E-state index < -0.39 is 3.23 Å². The summed E-state index contributed by atoms with van der Waals surface area (Å²) in [6.45, 7) is 0. The standard InChI is InChI=1S/C12H8Br4O2/c13-8-3-6(1-2-10(8)17)7-4-9(14)11(18)12(15,16)5-7/h1-4,17-18H,5H2. The zero-order valence-electron chi connectivity index (χ0n) is 8.92. The van der Waals surface area contributed by atoms with Crippen molar-refractivity contribution in [1.82, 2.24) is 0 Å². The van der Waals surface area contributed by atoms with E-state index in [2.05, 4.69) is 63.7 Å². The van der Waals surface area contributed by atoms with E-state index >= 15 is 0 Å². The lowest BCUT2D eigenvalue weighted by Gasteiger charge is -2.26. The smallest absolute Gasteiger partial charge is 0.142 e. The number of hydrogen-bond acceptors (Lipinski definition) is 2. The lowest BCUT2D eigenvalue weighted by Crippen LogP contribution is -2.19. The summed E-state index contributed by atoms with van der Waals surface area (Å²) in [5, 5.41) is 19.4. The Bertz CT molecular complexity index is 561. The van der Waals surface area contributed by atoms with Crippen LogP contribution in [0.3, 0.4) is 0 Å². The number of aliphatic hydroxyl groups is 1. The summed E-state index contributed by atoms with van der Waals surface area (Å²) in [5.41, 5.74) is 2.02. The van der Waals surface area contributed by atoms with Crippen LogP contribution in [0.4, 0.5) is 0 Å². The second kappa shape index (κ2) is 5.31. The maximum atomic E-state index is 9.91. The van der Waals surface area contributed by atoms with Gasteiger partial charge in [-0.2, -0.15) is 0 Å². The van der Waals surface area contributed by atoms with Gasteiger partial charge in [0.05, 0.1) is 8.96 Å². The second-order valence-corrected chi connectivity index (χ2v) is 9.39. The van der Waals surface area contributed by atoms with Gasteiger partial charge >= 0.3 is 0 Å². The van der Waals surface area contributed by atoms with Crippen molar-refractivity contribution in [2.45, 2.75) is 9.65 Å². The van der Waals surface area contributed by atoms with Gasteiger partial charge in [-0.15, -0.1) is 0 Å². The third-order valence-electron chi connectivity index (χ3n) is 2.60. The molecule has 0 fully saturated rings. The van der Waals surface area contributed by atoms with Gasteiger partial charge in [0.15, 0.2) is 0 Å². The molecule has 0 heterocycles. The number of phenols is 1. The van der Waals surface area contributed by atoms with Crippen molar-refractivity contribution >= 4 is 69.3 Å². The fourth-order valence-corrected chi connectivity index (χ4v) is 4.22. The van der Waals surface area contributed by atoms with Gasteiger partial charge in [0.25, 0.3) is 0 Å². The zero-order chi connectivity index (χ0) is 13.5. The fraction of sp³-hybridized carbons (Fsp3) is 0.167. The first kappa shape index (κ1) is 14.6. The lowest BCUT2D eigenvalue weighted by molar-refractivity contribution is 0.387. The summed E-state index contributed by atoms with van der Waals surface area (Å²) in [5.74, 6) is 0.417. The number of phenolic OH excluding ortho intramolecular Hbond substituents is 1. The molecule has 6 heteroatoms. The van der Waals surface area contributed by atoms with Crippen molar-refractivity contribution in [2.24, 2.45) is 0 Å². The van der Waals surface area contributed by atoms with E-state index in [1.807, 2.05) is 18.2 Å². The number of halogens is 4. The van der Waals surface area contributed by atoms with E-state index in [0.29, 0.717) is 15.4 Å². The van der Waals surface area contributed by atoms with Crippen LogP contribution in [-0.4, -0.2) is 13.4 Å². The minimum absolute atomic E-state index is 0.205. The summed E-state index contributed by atoms with van der Waals surface area (Å²) >= 11 is 13.5. The Hall–Kier alpha value is 0.220. The molecular weight excluding hydrogens is 496 g/mol. The molecule has 1 aromatic rings. The molecule has 0 bridgehead atoms. The molecule has 0 saturated carbocycles. The molecule has 1 aliphatic carbocycles. The van der Waals surface area contributed by atoms with Crippen LogP contribution < -0.4 is 0 Å². The van der Waals surface area contributed by atoms with Crippen molar-refractivity contribution in [3.8, 4) is 5.75 Å². The van der Waals surface area contributed by atoms with Crippen LogP contribution in [-0.2, 0) is 0 Å². The van der Waals surface area contributed by atoms with Gasteiger partial charge in [0.2, 0.25) is 0 Å². The molecule has 0 saturated heterocycles. The Kier molecular flexibility index (Phi) is 4.31. The molecule has 0 aliphatic heterocycles. The SMILES string of the molecule is OC1=C(Br)C=C(c2ccc(O)c(Br)c2)CC1(Br)Br. The van der Waals surface area contributed by atoms with Gasteiger partial charge in [0, 0.05) is 6.42 Å². The molecule has 2 N–H and O–H groups in total. The highest BCUT2D eigenvalue weighted by Gasteiger charge is 2.34. The molecule has 2 nitrogen and oxygen atoms in total. The van der Waals surface area contributed by atoms with Crippen LogP contribution in [0.2, 0.25) is 0 Å². The third-order valence-corrected chi connectivity index (χ3v) is 5.16. The average molecular weight is 504 g/mol. The normalized spacial score (nSPS) is 18.8. The molecule has 1 aliphatic rings. The highest BCUT2D eigenvalue weighted by atomic mass is 79.9. The van der Waals surface area contributed by atoms with Crippen molar-refractivity contribution in [2.75, 3.05) is 0 Å². The monoisotopic (exact) mass is 500 g/mol. The van der Waals surface area contributed by atoms with E-state index in [0.717, 1.165) is 11.1 Å². The minimum Gasteiger partial charge on any atom is -0.509 e. The van der Waals surface area contributed by atoms with E-state index in [4.69, 9.17) is 0 Å². The summed E-state index contributed by atoms with van der Waals surface area (Å²) < 4.78 is 0.611. The van der Waals surface area contributed by atoms with E-state index in [1.165, 1.54) is 0 Å². The average Bonchev–Trinajstić information content (AvgIpc) is 2.29. The van der Waals surface area contributed by atoms with Gasteiger partial charge in [0.1, 0.15) is 14.7 Å². The molecule has 0 aromatic heterocycles. The largest absolute Gasteiger partial charge is 0.509 e. The Morgan fingerprint density at radius 2 is 1.78 bits per heavy atom. The topological polar surface area (TPSA) is 40.5 Å².